The molecule has 0 bridgehead atoms. The van der Waals surface area contributed by atoms with Gasteiger partial charge in [0.2, 0.25) is 5.91 Å². The van der Waals surface area contributed by atoms with Crippen LogP contribution in [-0.4, -0.2) is 26.5 Å². The van der Waals surface area contributed by atoms with Gasteiger partial charge in [-0.25, -0.2) is 9.67 Å². The highest BCUT2D eigenvalue weighted by molar-refractivity contribution is 6.03. The molecule has 0 saturated carbocycles. The number of anilines is 1. The molecule has 0 spiro atoms. The number of carbonyl (C=O) groups excluding carboxylic acids is 2. The molecule has 0 aliphatic rings. The molecule has 1 aromatic heterocycles. The Balaban J connectivity index is 2.04. The van der Waals surface area contributed by atoms with E-state index in [-0.39, 0.29) is 18.1 Å². The van der Waals surface area contributed by atoms with Crippen molar-refractivity contribution in [2.75, 3.05) is 5.32 Å². The molecule has 0 atom stereocenters. The number of benzene rings is 1. The molecule has 0 aliphatic heterocycles. The van der Waals surface area contributed by atoms with Crippen LogP contribution >= 0.6 is 0 Å². The summed E-state index contributed by atoms with van der Waals surface area (Å²) in [6.07, 6.45) is 2.93. The second-order valence-electron chi connectivity index (χ2n) is 3.81. The third-order valence-electron chi connectivity index (χ3n) is 2.24. The normalized spacial score (nSPS) is 10.1. The summed E-state index contributed by atoms with van der Waals surface area (Å²) in [5, 5.41) is 6.63. The van der Waals surface area contributed by atoms with Crippen LogP contribution in [0.3, 0.4) is 0 Å². The number of ketones is 1. The standard InChI is InChI=1S/C12H12N4O2/c1-9(17)6-12(18)15-10-2-4-11(5-3-10)16-8-13-7-14-16/h2-5,7-8H,6H2,1H3,(H,15,18). The summed E-state index contributed by atoms with van der Waals surface area (Å²) in [5.74, 6) is -0.470. The molecule has 0 fully saturated rings. The van der Waals surface area contributed by atoms with E-state index in [9.17, 15) is 9.59 Å². The predicted octanol–water partition coefficient (Wildman–Crippen LogP) is 1.18. The third-order valence-corrected chi connectivity index (χ3v) is 2.24. The van der Waals surface area contributed by atoms with E-state index in [0.717, 1.165) is 5.69 Å². The van der Waals surface area contributed by atoms with Crippen molar-refractivity contribution in [2.24, 2.45) is 0 Å². The minimum absolute atomic E-state index is 0.106. The number of rotatable bonds is 4. The van der Waals surface area contributed by atoms with Crippen molar-refractivity contribution in [3.63, 3.8) is 0 Å². The Bertz CT molecular complexity index is 546. The van der Waals surface area contributed by atoms with Crippen molar-refractivity contribution in [1.29, 1.82) is 0 Å². The zero-order chi connectivity index (χ0) is 13.0. The molecule has 0 aliphatic carbocycles. The van der Waals surface area contributed by atoms with Gasteiger partial charge in [0, 0.05) is 5.69 Å². The lowest BCUT2D eigenvalue weighted by Gasteiger charge is -2.05. The van der Waals surface area contributed by atoms with Crippen molar-refractivity contribution in [3.05, 3.63) is 36.9 Å². The predicted molar refractivity (Wildman–Crippen MR) is 65.3 cm³/mol. The van der Waals surface area contributed by atoms with Crippen LogP contribution in [0, 0.1) is 0 Å². The van der Waals surface area contributed by atoms with E-state index in [2.05, 4.69) is 15.4 Å². The maximum absolute atomic E-state index is 11.4. The third kappa shape index (κ3) is 3.00. The highest BCUT2D eigenvalue weighted by Crippen LogP contribution is 2.12. The molecule has 0 radical (unpaired) electrons. The van der Waals surface area contributed by atoms with Gasteiger partial charge in [-0.3, -0.25) is 9.59 Å². The Morgan fingerprint density at radius 2 is 2.00 bits per heavy atom. The van der Waals surface area contributed by atoms with Gasteiger partial charge < -0.3 is 5.32 Å². The summed E-state index contributed by atoms with van der Waals surface area (Å²) in [4.78, 5) is 26.0. The molecule has 1 heterocycles. The molecule has 1 N–H and O–H groups in total. The number of hydrogen-bond acceptors (Lipinski definition) is 4. The molecule has 2 rings (SSSR count). The molecule has 0 saturated heterocycles. The number of aromatic nitrogens is 3. The fraction of sp³-hybridized carbons (Fsp3) is 0.167. The SMILES string of the molecule is CC(=O)CC(=O)Nc1ccc(-n2cncn2)cc1. The van der Waals surface area contributed by atoms with E-state index >= 15 is 0 Å². The molecule has 18 heavy (non-hydrogen) atoms. The highest BCUT2D eigenvalue weighted by atomic mass is 16.2. The number of Topliss-reactive ketones (excluding diaryl/α,β-unsaturated/α-hetero) is 1. The molecular weight excluding hydrogens is 232 g/mol. The first kappa shape index (κ1) is 12.0. The molecule has 1 amide bonds. The molecule has 1 aromatic carbocycles. The smallest absolute Gasteiger partial charge is 0.231 e. The lowest BCUT2D eigenvalue weighted by Crippen LogP contribution is -2.14. The molecule has 2 aromatic rings. The summed E-state index contributed by atoms with van der Waals surface area (Å²) in [5.41, 5.74) is 1.49. The van der Waals surface area contributed by atoms with Crippen molar-refractivity contribution < 1.29 is 9.59 Å². The molecule has 92 valence electrons. The Morgan fingerprint density at radius 3 is 2.56 bits per heavy atom. The number of amides is 1. The van der Waals surface area contributed by atoms with Gasteiger partial charge in [0.05, 0.1) is 12.1 Å². The van der Waals surface area contributed by atoms with Gasteiger partial charge in [0.15, 0.2) is 0 Å². The molecule has 6 heteroatoms. The largest absolute Gasteiger partial charge is 0.326 e. The van der Waals surface area contributed by atoms with Gasteiger partial charge in [-0.05, 0) is 31.2 Å². The minimum Gasteiger partial charge on any atom is -0.326 e. The Labute approximate surface area is 104 Å². The Hall–Kier alpha value is -2.50. The fourth-order valence-electron chi connectivity index (χ4n) is 1.47. The van der Waals surface area contributed by atoms with Gasteiger partial charge in [-0.2, -0.15) is 5.10 Å². The van der Waals surface area contributed by atoms with Crippen LogP contribution < -0.4 is 5.32 Å². The van der Waals surface area contributed by atoms with E-state index in [0.29, 0.717) is 5.69 Å². The van der Waals surface area contributed by atoms with Crippen LogP contribution in [0.2, 0.25) is 0 Å². The van der Waals surface area contributed by atoms with Crippen molar-refractivity contribution in [1.82, 2.24) is 14.8 Å². The van der Waals surface area contributed by atoms with Gasteiger partial charge in [0.1, 0.15) is 18.4 Å². The first-order valence-electron chi connectivity index (χ1n) is 5.39. The number of hydrogen-bond donors (Lipinski definition) is 1. The highest BCUT2D eigenvalue weighted by Gasteiger charge is 2.05. The van der Waals surface area contributed by atoms with Crippen LogP contribution in [-0.2, 0) is 9.59 Å². The van der Waals surface area contributed by atoms with Crippen molar-refractivity contribution in [2.45, 2.75) is 13.3 Å². The van der Waals surface area contributed by atoms with Gasteiger partial charge in [-0.1, -0.05) is 0 Å². The second-order valence-corrected chi connectivity index (χ2v) is 3.81. The van der Waals surface area contributed by atoms with Crippen molar-refractivity contribution >= 4 is 17.4 Å². The summed E-state index contributed by atoms with van der Waals surface area (Å²) in [7, 11) is 0. The summed E-state index contributed by atoms with van der Waals surface area (Å²) in [6.45, 7) is 1.38. The van der Waals surface area contributed by atoms with E-state index in [1.807, 2.05) is 0 Å². The zero-order valence-electron chi connectivity index (χ0n) is 9.83. The van der Waals surface area contributed by atoms with Crippen molar-refractivity contribution in [3.8, 4) is 5.69 Å². The van der Waals surface area contributed by atoms with Gasteiger partial charge in [0.25, 0.3) is 0 Å². The average molecular weight is 244 g/mol. The number of nitrogens with zero attached hydrogens (tertiary/aromatic N) is 3. The van der Waals surface area contributed by atoms with Crippen LogP contribution in [0.15, 0.2) is 36.9 Å². The average Bonchev–Trinajstić information content (AvgIpc) is 2.82. The van der Waals surface area contributed by atoms with Crippen LogP contribution in [0.5, 0.6) is 0 Å². The lowest BCUT2D eigenvalue weighted by molar-refractivity contribution is -0.124. The molecule has 0 unspecified atom stereocenters. The Morgan fingerprint density at radius 1 is 1.28 bits per heavy atom. The Kier molecular flexibility index (Phi) is 3.47. The summed E-state index contributed by atoms with van der Waals surface area (Å²) in [6, 6.07) is 7.10. The van der Waals surface area contributed by atoms with E-state index in [1.54, 1.807) is 35.3 Å². The zero-order valence-corrected chi connectivity index (χ0v) is 9.83. The van der Waals surface area contributed by atoms with E-state index in [4.69, 9.17) is 0 Å². The fourth-order valence-corrected chi connectivity index (χ4v) is 1.47. The monoisotopic (exact) mass is 244 g/mol. The minimum atomic E-state index is -0.309. The quantitative estimate of drug-likeness (QED) is 0.819. The maximum atomic E-state index is 11.4. The van der Waals surface area contributed by atoms with Gasteiger partial charge >= 0.3 is 0 Å². The lowest BCUT2D eigenvalue weighted by atomic mass is 10.2. The number of nitrogens with one attached hydrogen (secondary N) is 1. The van der Waals surface area contributed by atoms with E-state index in [1.165, 1.54) is 13.3 Å². The maximum Gasteiger partial charge on any atom is 0.231 e. The van der Waals surface area contributed by atoms with Crippen LogP contribution in [0.1, 0.15) is 13.3 Å². The van der Waals surface area contributed by atoms with Crippen LogP contribution in [0.25, 0.3) is 5.69 Å². The molecule has 6 nitrogen and oxygen atoms in total. The van der Waals surface area contributed by atoms with Crippen LogP contribution in [0.4, 0.5) is 5.69 Å². The number of carbonyl (C=O) groups is 2. The van der Waals surface area contributed by atoms with Gasteiger partial charge in [-0.15, -0.1) is 0 Å². The van der Waals surface area contributed by atoms with E-state index < -0.39 is 0 Å². The topological polar surface area (TPSA) is 76.9 Å². The second kappa shape index (κ2) is 5.22. The molecular formula is C12H12N4O2. The first-order chi connectivity index (χ1) is 8.65. The summed E-state index contributed by atoms with van der Waals surface area (Å²) < 4.78 is 1.61. The first-order valence-corrected chi connectivity index (χ1v) is 5.39. The summed E-state index contributed by atoms with van der Waals surface area (Å²) >= 11 is 0.